The maximum Gasteiger partial charge on any atom is 0.0472 e. The summed E-state index contributed by atoms with van der Waals surface area (Å²) in [5, 5.41) is 8.56. The third kappa shape index (κ3) is 4.09. The summed E-state index contributed by atoms with van der Waals surface area (Å²) in [5.74, 6) is 0. The molecular weight excluding hydrogens is 150 g/mol. The Bertz CT molecular complexity index is 193. The van der Waals surface area contributed by atoms with Gasteiger partial charge in [0.2, 0.25) is 0 Å². The molecule has 1 N–H and O–H groups in total. The minimum absolute atomic E-state index is 0.199. The zero-order chi connectivity index (χ0) is 9.40. The Balaban J connectivity index is 0.000000561. The highest BCUT2D eigenvalue weighted by Crippen LogP contribution is 1.98. The molecule has 0 aliphatic heterocycles. The first-order valence-electron chi connectivity index (χ1n) is 4.35. The zero-order valence-electron chi connectivity index (χ0n) is 8.04. The summed E-state index contributed by atoms with van der Waals surface area (Å²) >= 11 is 0. The maximum atomic E-state index is 8.56. The lowest BCUT2D eigenvalue weighted by Crippen LogP contribution is -1.91. The van der Waals surface area contributed by atoms with Gasteiger partial charge in [-0.1, -0.05) is 19.9 Å². The second-order valence-electron chi connectivity index (χ2n) is 2.28. The molecule has 0 saturated heterocycles. The van der Waals surface area contributed by atoms with E-state index in [0.717, 1.165) is 11.3 Å². The average Bonchev–Trinajstić information content (AvgIpc) is 2.13. The normalized spacial score (nSPS) is 8.67. The van der Waals surface area contributed by atoms with E-state index in [0.29, 0.717) is 6.42 Å². The second-order valence-corrected chi connectivity index (χ2v) is 2.28. The molecule has 0 spiro atoms. The summed E-state index contributed by atoms with van der Waals surface area (Å²) in [6.45, 7) is 6.15. The van der Waals surface area contributed by atoms with Crippen molar-refractivity contribution in [3.8, 4) is 0 Å². The molecule has 0 aromatic carbocycles. The molecule has 2 nitrogen and oxygen atoms in total. The van der Waals surface area contributed by atoms with Gasteiger partial charge in [0.05, 0.1) is 0 Å². The van der Waals surface area contributed by atoms with Gasteiger partial charge in [-0.2, -0.15) is 0 Å². The third-order valence-corrected chi connectivity index (χ3v) is 1.37. The van der Waals surface area contributed by atoms with Gasteiger partial charge in [0, 0.05) is 18.5 Å². The molecule has 1 aromatic rings. The fourth-order valence-corrected chi connectivity index (χ4v) is 0.775. The molecular formula is C10H17NO. The molecule has 1 rings (SSSR count). The van der Waals surface area contributed by atoms with E-state index in [1.165, 1.54) is 0 Å². The van der Waals surface area contributed by atoms with Gasteiger partial charge in [-0.3, -0.25) is 4.98 Å². The molecule has 1 aromatic heterocycles. The van der Waals surface area contributed by atoms with Gasteiger partial charge in [-0.05, 0) is 25.0 Å². The van der Waals surface area contributed by atoms with Crippen LogP contribution < -0.4 is 0 Å². The quantitative estimate of drug-likeness (QED) is 0.730. The number of aromatic nitrogens is 1. The molecule has 0 saturated carbocycles. The van der Waals surface area contributed by atoms with Gasteiger partial charge in [0.15, 0.2) is 0 Å². The summed E-state index contributed by atoms with van der Waals surface area (Å²) in [7, 11) is 0. The van der Waals surface area contributed by atoms with Gasteiger partial charge in [0.25, 0.3) is 0 Å². The molecule has 12 heavy (non-hydrogen) atoms. The van der Waals surface area contributed by atoms with Crippen molar-refractivity contribution in [1.82, 2.24) is 4.98 Å². The lowest BCUT2D eigenvalue weighted by atomic mass is 10.2. The monoisotopic (exact) mass is 167 g/mol. The van der Waals surface area contributed by atoms with Crippen LogP contribution in [0.15, 0.2) is 18.3 Å². The van der Waals surface area contributed by atoms with Crippen molar-refractivity contribution in [2.45, 2.75) is 27.2 Å². The van der Waals surface area contributed by atoms with E-state index in [4.69, 9.17) is 5.11 Å². The Kier molecular flexibility index (Phi) is 6.29. The minimum Gasteiger partial charge on any atom is -0.396 e. The molecule has 2 heteroatoms. The van der Waals surface area contributed by atoms with Crippen molar-refractivity contribution in [3.05, 3.63) is 29.6 Å². The van der Waals surface area contributed by atoms with Crippen LogP contribution in [0.4, 0.5) is 0 Å². The molecule has 0 fully saturated rings. The SMILES string of the molecule is CC.Cc1ccc(CCO)cn1. The molecule has 1 heterocycles. The number of hydrogen-bond acceptors (Lipinski definition) is 2. The highest BCUT2D eigenvalue weighted by Gasteiger charge is 1.89. The summed E-state index contributed by atoms with van der Waals surface area (Å²) < 4.78 is 0. The first kappa shape index (κ1) is 11.1. The summed E-state index contributed by atoms with van der Waals surface area (Å²) in [5.41, 5.74) is 2.11. The van der Waals surface area contributed by atoms with Gasteiger partial charge >= 0.3 is 0 Å². The minimum atomic E-state index is 0.199. The summed E-state index contributed by atoms with van der Waals surface area (Å²) in [6, 6.07) is 3.93. The van der Waals surface area contributed by atoms with Gasteiger partial charge < -0.3 is 5.11 Å². The molecule has 0 radical (unpaired) electrons. The van der Waals surface area contributed by atoms with Gasteiger partial charge in [-0.15, -0.1) is 0 Å². The zero-order valence-corrected chi connectivity index (χ0v) is 8.04. The van der Waals surface area contributed by atoms with Crippen LogP contribution in [0.2, 0.25) is 0 Å². The molecule has 68 valence electrons. The predicted octanol–water partition coefficient (Wildman–Crippen LogP) is 1.95. The number of aliphatic hydroxyl groups is 1. The largest absolute Gasteiger partial charge is 0.396 e. The summed E-state index contributed by atoms with van der Waals surface area (Å²) in [4.78, 5) is 4.09. The maximum absolute atomic E-state index is 8.56. The van der Waals surface area contributed by atoms with Crippen LogP contribution in [0.25, 0.3) is 0 Å². The van der Waals surface area contributed by atoms with Crippen molar-refractivity contribution < 1.29 is 5.11 Å². The lowest BCUT2D eigenvalue weighted by Gasteiger charge is -1.96. The lowest BCUT2D eigenvalue weighted by molar-refractivity contribution is 0.299. The Morgan fingerprint density at radius 1 is 1.33 bits per heavy atom. The van der Waals surface area contributed by atoms with Crippen LogP contribution in [0.5, 0.6) is 0 Å². The van der Waals surface area contributed by atoms with E-state index in [9.17, 15) is 0 Å². The standard InChI is InChI=1S/C8H11NO.C2H6/c1-7-2-3-8(4-5-10)6-9-7;1-2/h2-3,6,10H,4-5H2,1H3;1-2H3. The highest BCUT2D eigenvalue weighted by molar-refractivity contribution is 5.12. The molecule has 0 aliphatic carbocycles. The van der Waals surface area contributed by atoms with E-state index < -0.39 is 0 Å². The Morgan fingerprint density at radius 3 is 2.42 bits per heavy atom. The molecule has 0 unspecified atom stereocenters. The Hall–Kier alpha value is -0.890. The third-order valence-electron chi connectivity index (χ3n) is 1.37. The van der Waals surface area contributed by atoms with E-state index in [2.05, 4.69) is 4.98 Å². The first-order chi connectivity index (χ1) is 5.83. The van der Waals surface area contributed by atoms with Gasteiger partial charge in [0.1, 0.15) is 0 Å². The molecule has 0 amide bonds. The van der Waals surface area contributed by atoms with Crippen molar-refractivity contribution in [2.24, 2.45) is 0 Å². The van der Waals surface area contributed by atoms with Crippen LogP contribution in [-0.2, 0) is 6.42 Å². The van der Waals surface area contributed by atoms with Crippen molar-refractivity contribution in [3.63, 3.8) is 0 Å². The molecule has 0 aliphatic rings. The number of nitrogens with zero attached hydrogens (tertiary/aromatic N) is 1. The topological polar surface area (TPSA) is 33.1 Å². The van der Waals surface area contributed by atoms with Crippen LogP contribution in [0.3, 0.4) is 0 Å². The van der Waals surface area contributed by atoms with Crippen LogP contribution in [-0.4, -0.2) is 16.7 Å². The second kappa shape index (κ2) is 6.80. The molecule has 0 bridgehead atoms. The van der Waals surface area contributed by atoms with Crippen LogP contribution in [0, 0.1) is 6.92 Å². The fraction of sp³-hybridized carbons (Fsp3) is 0.500. The van der Waals surface area contributed by atoms with Crippen molar-refractivity contribution in [2.75, 3.05) is 6.61 Å². The number of rotatable bonds is 2. The predicted molar refractivity (Wildman–Crippen MR) is 51.1 cm³/mol. The highest BCUT2D eigenvalue weighted by atomic mass is 16.2. The summed E-state index contributed by atoms with van der Waals surface area (Å²) in [6.07, 6.45) is 2.50. The van der Waals surface area contributed by atoms with Crippen molar-refractivity contribution in [1.29, 1.82) is 0 Å². The van der Waals surface area contributed by atoms with E-state index in [1.54, 1.807) is 6.20 Å². The van der Waals surface area contributed by atoms with Crippen LogP contribution >= 0.6 is 0 Å². The van der Waals surface area contributed by atoms with E-state index in [-0.39, 0.29) is 6.61 Å². The number of hydrogen-bond donors (Lipinski definition) is 1. The molecule has 0 atom stereocenters. The first-order valence-corrected chi connectivity index (χ1v) is 4.35. The van der Waals surface area contributed by atoms with Gasteiger partial charge in [-0.25, -0.2) is 0 Å². The number of aryl methyl sites for hydroxylation is 1. The van der Waals surface area contributed by atoms with E-state index in [1.807, 2.05) is 32.9 Å². The smallest absolute Gasteiger partial charge is 0.0472 e. The average molecular weight is 167 g/mol. The fourth-order valence-electron chi connectivity index (χ4n) is 0.775. The number of pyridine rings is 1. The van der Waals surface area contributed by atoms with E-state index >= 15 is 0 Å². The Labute approximate surface area is 74.3 Å². The Morgan fingerprint density at radius 2 is 2.00 bits per heavy atom. The van der Waals surface area contributed by atoms with Crippen molar-refractivity contribution >= 4 is 0 Å². The number of aliphatic hydroxyl groups excluding tert-OH is 1. The van der Waals surface area contributed by atoms with Crippen LogP contribution in [0.1, 0.15) is 25.1 Å².